The second kappa shape index (κ2) is 6.19. The Hall–Kier alpha value is -1.50. The number of rotatable bonds is 4. The number of thioether (sulfide) groups is 1. The summed E-state index contributed by atoms with van der Waals surface area (Å²) in [7, 11) is -3.65. The lowest BCUT2D eigenvalue weighted by molar-refractivity contribution is 0.597. The molecule has 0 fully saturated rings. The van der Waals surface area contributed by atoms with Crippen molar-refractivity contribution in [2.75, 3.05) is 11.2 Å². The van der Waals surface area contributed by atoms with Crippen LogP contribution >= 0.6 is 11.8 Å². The van der Waals surface area contributed by atoms with Crippen LogP contribution in [0.2, 0.25) is 0 Å². The Labute approximate surface area is 141 Å². The van der Waals surface area contributed by atoms with Gasteiger partial charge in [0.2, 0.25) is 10.0 Å². The molecule has 1 atom stereocenters. The lowest BCUT2D eigenvalue weighted by Gasteiger charge is -2.25. The van der Waals surface area contributed by atoms with Crippen molar-refractivity contribution in [1.29, 1.82) is 0 Å². The number of hydrogen-bond acceptors (Lipinski definition) is 4. The number of benzene rings is 2. The fourth-order valence-electron chi connectivity index (χ4n) is 3.02. The third kappa shape index (κ3) is 3.39. The van der Waals surface area contributed by atoms with E-state index in [0.29, 0.717) is 6.04 Å². The maximum Gasteiger partial charge on any atom is 0.238 e. The zero-order valence-corrected chi connectivity index (χ0v) is 14.8. The van der Waals surface area contributed by atoms with Crippen LogP contribution in [0.1, 0.15) is 18.1 Å². The minimum atomic E-state index is -3.65. The highest BCUT2D eigenvalue weighted by Gasteiger charge is 2.27. The Bertz CT molecular complexity index is 817. The molecule has 1 aliphatic rings. The highest BCUT2D eigenvalue weighted by atomic mass is 32.2. The Morgan fingerprint density at radius 2 is 1.91 bits per heavy atom. The van der Waals surface area contributed by atoms with Gasteiger partial charge in [-0.05, 0) is 61.1 Å². The van der Waals surface area contributed by atoms with Gasteiger partial charge < -0.3 is 4.90 Å². The Balaban J connectivity index is 1.88. The quantitative estimate of drug-likeness (QED) is 0.863. The van der Waals surface area contributed by atoms with Gasteiger partial charge in [-0.2, -0.15) is 0 Å². The summed E-state index contributed by atoms with van der Waals surface area (Å²) in [6, 6.07) is 14.1. The predicted molar refractivity (Wildman–Crippen MR) is 95.4 cm³/mol. The summed E-state index contributed by atoms with van der Waals surface area (Å²) in [5.74, 6) is 0. The van der Waals surface area contributed by atoms with E-state index in [1.54, 1.807) is 23.9 Å². The van der Waals surface area contributed by atoms with Crippen LogP contribution in [0.3, 0.4) is 0 Å². The van der Waals surface area contributed by atoms with Crippen LogP contribution in [0.25, 0.3) is 0 Å². The molecule has 1 aliphatic heterocycles. The molecule has 0 saturated carbocycles. The molecule has 2 aromatic rings. The van der Waals surface area contributed by atoms with Gasteiger partial charge in [-0.3, -0.25) is 0 Å². The lowest BCUT2D eigenvalue weighted by atomic mass is 10.1. The van der Waals surface area contributed by atoms with Crippen molar-refractivity contribution in [3.63, 3.8) is 0 Å². The van der Waals surface area contributed by atoms with Crippen LogP contribution < -0.4 is 10.0 Å². The van der Waals surface area contributed by atoms with Crippen molar-refractivity contribution in [3.05, 3.63) is 53.6 Å². The minimum absolute atomic E-state index is 0.189. The number of fused-ring (bicyclic) bond motifs is 1. The van der Waals surface area contributed by atoms with Crippen LogP contribution in [-0.4, -0.2) is 20.7 Å². The third-order valence-electron chi connectivity index (χ3n) is 4.25. The molecule has 2 aromatic carbocycles. The molecule has 3 rings (SSSR count). The number of nitrogens with two attached hydrogens (primary N) is 1. The normalized spacial score (nSPS) is 17.3. The average Bonchev–Trinajstić information content (AvgIpc) is 2.82. The topological polar surface area (TPSA) is 63.4 Å². The van der Waals surface area contributed by atoms with E-state index >= 15 is 0 Å². The number of anilines is 1. The summed E-state index contributed by atoms with van der Waals surface area (Å²) in [6.45, 7) is 2.98. The highest BCUT2D eigenvalue weighted by Crippen LogP contribution is 2.34. The van der Waals surface area contributed by atoms with Crippen LogP contribution in [-0.2, 0) is 23.0 Å². The molecule has 0 aliphatic carbocycles. The first-order valence-corrected chi connectivity index (χ1v) is 10.2. The van der Waals surface area contributed by atoms with E-state index in [4.69, 9.17) is 5.14 Å². The largest absolute Gasteiger partial charge is 0.364 e. The summed E-state index contributed by atoms with van der Waals surface area (Å²) in [5.41, 5.74) is 3.39. The van der Waals surface area contributed by atoms with Gasteiger partial charge in [0.25, 0.3) is 0 Å². The SMILES string of the molecule is CSc1ccc(CN2c3ccc(S(N)(=O)=O)cc3C[C@@H]2C)cc1. The molecule has 0 aromatic heterocycles. The van der Waals surface area contributed by atoms with Crippen molar-refractivity contribution < 1.29 is 8.42 Å². The summed E-state index contributed by atoms with van der Waals surface area (Å²) < 4.78 is 23.0. The van der Waals surface area contributed by atoms with Gasteiger partial charge in [0.1, 0.15) is 0 Å². The first-order valence-electron chi connectivity index (χ1n) is 7.44. The zero-order chi connectivity index (χ0) is 16.6. The number of primary sulfonamides is 1. The predicted octanol–water partition coefficient (Wildman–Crippen LogP) is 3.01. The van der Waals surface area contributed by atoms with E-state index in [0.717, 1.165) is 24.2 Å². The molecule has 4 nitrogen and oxygen atoms in total. The molecule has 0 saturated heterocycles. The number of hydrogen-bond donors (Lipinski definition) is 1. The molecular formula is C17H20N2O2S2. The summed E-state index contributed by atoms with van der Waals surface area (Å²) in [6.07, 6.45) is 2.90. The summed E-state index contributed by atoms with van der Waals surface area (Å²) >= 11 is 1.73. The first-order chi connectivity index (χ1) is 10.9. The second-order valence-electron chi connectivity index (χ2n) is 5.86. The van der Waals surface area contributed by atoms with Gasteiger partial charge in [-0.15, -0.1) is 11.8 Å². The summed E-state index contributed by atoms with van der Waals surface area (Å²) in [5, 5.41) is 5.23. The Morgan fingerprint density at radius 3 is 2.52 bits per heavy atom. The molecule has 23 heavy (non-hydrogen) atoms. The van der Waals surface area contributed by atoms with Crippen LogP contribution in [0.4, 0.5) is 5.69 Å². The van der Waals surface area contributed by atoms with Crippen molar-refractivity contribution in [2.45, 2.75) is 35.7 Å². The summed E-state index contributed by atoms with van der Waals surface area (Å²) in [4.78, 5) is 3.76. The van der Waals surface area contributed by atoms with Gasteiger partial charge in [-0.1, -0.05) is 12.1 Å². The van der Waals surface area contributed by atoms with E-state index in [1.165, 1.54) is 10.5 Å². The van der Waals surface area contributed by atoms with Gasteiger partial charge in [0.15, 0.2) is 0 Å². The molecule has 0 bridgehead atoms. The van der Waals surface area contributed by atoms with Crippen LogP contribution in [0, 0.1) is 0 Å². The van der Waals surface area contributed by atoms with Crippen LogP contribution in [0.5, 0.6) is 0 Å². The van der Waals surface area contributed by atoms with E-state index in [-0.39, 0.29) is 4.90 Å². The fourth-order valence-corrected chi connectivity index (χ4v) is 3.99. The minimum Gasteiger partial charge on any atom is -0.364 e. The first kappa shape index (κ1) is 16.4. The maximum atomic E-state index is 11.5. The monoisotopic (exact) mass is 348 g/mol. The highest BCUT2D eigenvalue weighted by molar-refractivity contribution is 7.98. The Morgan fingerprint density at radius 1 is 1.22 bits per heavy atom. The van der Waals surface area contributed by atoms with E-state index < -0.39 is 10.0 Å². The van der Waals surface area contributed by atoms with Gasteiger partial charge in [0.05, 0.1) is 4.90 Å². The Kier molecular flexibility index (Phi) is 4.40. The molecule has 122 valence electrons. The molecule has 2 N–H and O–H groups in total. The number of sulfonamides is 1. The molecular weight excluding hydrogens is 328 g/mol. The smallest absolute Gasteiger partial charge is 0.238 e. The van der Waals surface area contributed by atoms with E-state index in [2.05, 4.69) is 42.3 Å². The third-order valence-corrected chi connectivity index (χ3v) is 5.90. The van der Waals surface area contributed by atoms with Crippen LogP contribution in [0.15, 0.2) is 52.3 Å². The molecule has 6 heteroatoms. The lowest BCUT2D eigenvalue weighted by Crippen LogP contribution is -2.28. The molecule has 0 radical (unpaired) electrons. The number of nitrogens with zero attached hydrogens (tertiary/aromatic N) is 1. The average molecular weight is 348 g/mol. The standard InChI is InChI=1S/C17H20N2O2S2/c1-12-9-14-10-16(23(18,20)21)7-8-17(14)19(12)11-13-3-5-15(22-2)6-4-13/h3-8,10,12H,9,11H2,1-2H3,(H2,18,20,21)/t12-/m0/s1. The molecule has 0 spiro atoms. The van der Waals surface area contributed by atoms with Crippen molar-refractivity contribution in [2.24, 2.45) is 5.14 Å². The van der Waals surface area contributed by atoms with Crippen molar-refractivity contribution in [1.82, 2.24) is 0 Å². The van der Waals surface area contributed by atoms with Gasteiger partial charge in [0, 0.05) is 23.2 Å². The molecule has 0 unspecified atom stereocenters. The zero-order valence-electron chi connectivity index (χ0n) is 13.2. The van der Waals surface area contributed by atoms with Gasteiger partial charge >= 0.3 is 0 Å². The van der Waals surface area contributed by atoms with Crippen molar-refractivity contribution in [3.8, 4) is 0 Å². The molecule has 1 heterocycles. The maximum absolute atomic E-state index is 11.5. The fraction of sp³-hybridized carbons (Fsp3) is 0.294. The van der Waals surface area contributed by atoms with Crippen molar-refractivity contribution >= 4 is 27.5 Å². The van der Waals surface area contributed by atoms with Gasteiger partial charge in [-0.25, -0.2) is 13.6 Å². The van der Waals surface area contributed by atoms with E-state index in [9.17, 15) is 8.42 Å². The van der Waals surface area contributed by atoms with E-state index in [1.807, 2.05) is 6.07 Å². The second-order valence-corrected chi connectivity index (χ2v) is 8.31. The molecule has 0 amide bonds.